The number of carbonyl (C=O) groups is 1. The number of halogens is 1. The number of likely N-dealkylation sites (N-methyl/N-ethyl adjacent to an activating group) is 1. The number of carbonyl (C=O) groups excluding carboxylic acids is 1. The lowest BCUT2D eigenvalue weighted by Crippen LogP contribution is -2.34. The van der Waals surface area contributed by atoms with E-state index in [2.05, 4.69) is 15.4 Å². The number of aromatic nitrogens is 3. The van der Waals surface area contributed by atoms with Gasteiger partial charge in [0.05, 0.1) is 22.9 Å². The molecule has 0 fully saturated rings. The molecule has 0 saturated carbocycles. The van der Waals surface area contributed by atoms with E-state index in [-0.39, 0.29) is 17.7 Å². The molecule has 1 N–H and O–H groups in total. The largest absolute Gasteiger partial charge is 0.468 e. The monoisotopic (exact) mass is 425 g/mol. The Kier molecular flexibility index (Phi) is 5.73. The van der Waals surface area contributed by atoms with Crippen molar-refractivity contribution in [2.75, 3.05) is 20.6 Å². The molecule has 1 aromatic carbocycles. The van der Waals surface area contributed by atoms with E-state index in [9.17, 15) is 9.18 Å². The van der Waals surface area contributed by atoms with E-state index in [1.165, 1.54) is 23.5 Å². The predicted molar refractivity (Wildman–Crippen MR) is 112 cm³/mol. The number of rotatable bonds is 7. The summed E-state index contributed by atoms with van der Waals surface area (Å²) in [6.07, 6.45) is 1.60. The number of nitrogens with one attached hydrogen (secondary N) is 1. The summed E-state index contributed by atoms with van der Waals surface area (Å²) in [5.41, 5.74) is 0.619. The number of benzene rings is 1. The van der Waals surface area contributed by atoms with Crippen LogP contribution in [0.5, 0.6) is 0 Å². The van der Waals surface area contributed by atoms with E-state index in [0.29, 0.717) is 18.1 Å². The molecule has 30 heavy (non-hydrogen) atoms. The molecular formula is C21H20FN5O2S. The van der Waals surface area contributed by atoms with Crippen LogP contribution < -0.4 is 5.32 Å². The lowest BCUT2D eigenvalue weighted by atomic mass is 10.2. The molecule has 1 atom stereocenters. The van der Waals surface area contributed by atoms with Gasteiger partial charge in [0, 0.05) is 6.54 Å². The van der Waals surface area contributed by atoms with Crippen molar-refractivity contribution in [2.24, 2.45) is 0 Å². The first-order valence-electron chi connectivity index (χ1n) is 9.28. The molecule has 154 valence electrons. The zero-order valence-electron chi connectivity index (χ0n) is 16.4. The van der Waals surface area contributed by atoms with Gasteiger partial charge in [-0.25, -0.2) is 14.1 Å². The minimum Gasteiger partial charge on any atom is -0.468 e. The Balaban J connectivity index is 1.60. The Morgan fingerprint density at radius 2 is 2.03 bits per heavy atom. The maximum atomic E-state index is 13.3. The summed E-state index contributed by atoms with van der Waals surface area (Å²) in [7, 11) is 3.82. The van der Waals surface area contributed by atoms with E-state index in [1.807, 2.05) is 48.6 Å². The fourth-order valence-corrected chi connectivity index (χ4v) is 3.72. The number of thiophene rings is 1. The second kappa shape index (κ2) is 8.60. The van der Waals surface area contributed by atoms with Crippen LogP contribution in [0.3, 0.4) is 0 Å². The second-order valence-corrected chi connectivity index (χ2v) is 7.78. The molecule has 0 aliphatic carbocycles. The van der Waals surface area contributed by atoms with Gasteiger partial charge in [0.2, 0.25) is 5.82 Å². The summed E-state index contributed by atoms with van der Waals surface area (Å²) in [5.74, 6) is 0.579. The molecule has 4 rings (SSSR count). The molecule has 9 heteroatoms. The van der Waals surface area contributed by atoms with Gasteiger partial charge in [-0.05, 0) is 61.9 Å². The zero-order valence-corrected chi connectivity index (χ0v) is 17.3. The normalized spacial score (nSPS) is 12.3. The van der Waals surface area contributed by atoms with Crippen molar-refractivity contribution in [3.05, 3.63) is 77.6 Å². The summed E-state index contributed by atoms with van der Waals surface area (Å²) < 4.78 is 20.4. The van der Waals surface area contributed by atoms with Crippen LogP contribution in [0, 0.1) is 5.82 Å². The molecule has 0 spiro atoms. The Hall–Kier alpha value is -3.30. The summed E-state index contributed by atoms with van der Waals surface area (Å²) in [5, 5.41) is 9.19. The van der Waals surface area contributed by atoms with Crippen LogP contribution in [0.25, 0.3) is 16.4 Å². The van der Waals surface area contributed by atoms with Gasteiger partial charge in [0.15, 0.2) is 5.82 Å². The van der Waals surface area contributed by atoms with Crippen molar-refractivity contribution in [1.82, 2.24) is 25.0 Å². The highest BCUT2D eigenvalue weighted by molar-refractivity contribution is 7.13. The average molecular weight is 425 g/mol. The molecule has 3 aromatic heterocycles. The number of hydrogen-bond donors (Lipinski definition) is 1. The summed E-state index contributed by atoms with van der Waals surface area (Å²) in [6.45, 7) is 0.332. The minimum absolute atomic E-state index is 0.0414. The molecule has 4 aromatic rings. The first kappa shape index (κ1) is 20.0. The van der Waals surface area contributed by atoms with Crippen molar-refractivity contribution in [2.45, 2.75) is 6.04 Å². The van der Waals surface area contributed by atoms with Crippen molar-refractivity contribution in [3.63, 3.8) is 0 Å². The Morgan fingerprint density at radius 3 is 2.67 bits per heavy atom. The predicted octanol–water partition coefficient (Wildman–Crippen LogP) is 3.76. The zero-order chi connectivity index (χ0) is 21.1. The molecule has 0 aliphatic heterocycles. The second-order valence-electron chi connectivity index (χ2n) is 6.83. The Labute approximate surface area is 176 Å². The van der Waals surface area contributed by atoms with Crippen LogP contribution >= 0.6 is 11.3 Å². The molecule has 0 saturated heterocycles. The first-order chi connectivity index (χ1) is 14.5. The first-order valence-corrected chi connectivity index (χ1v) is 10.2. The number of furan rings is 1. The quantitative estimate of drug-likeness (QED) is 0.488. The van der Waals surface area contributed by atoms with Gasteiger partial charge in [-0.1, -0.05) is 6.07 Å². The highest BCUT2D eigenvalue weighted by Gasteiger charge is 2.22. The molecule has 0 aliphatic rings. The average Bonchev–Trinajstić information content (AvgIpc) is 3.49. The maximum Gasteiger partial charge on any atom is 0.291 e. The van der Waals surface area contributed by atoms with Gasteiger partial charge in [-0.3, -0.25) is 9.69 Å². The van der Waals surface area contributed by atoms with Gasteiger partial charge < -0.3 is 9.73 Å². The van der Waals surface area contributed by atoms with E-state index in [1.54, 1.807) is 23.1 Å². The third-order valence-corrected chi connectivity index (χ3v) is 5.44. The number of hydrogen-bond acceptors (Lipinski definition) is 6. The highest BCUT2D eigenvalue weighted by atomic mass is 32.1. The van der Waals surface area contributed by atoms with E-state index >= 15 is 0 Å². The topological polar surface area (TPSA) is 76.2 Å². The summed E-state index contributed by atoms with van der Waals surface area (Å²) in [6, 6.07) is 13.2. The van der Waals surface area contributed by atoms with Crippen LogP contribution in [-0.4, -0.2) is 46.2 Å². The fraction of sp³-hybridized carbons (Fsp3) is 0.190. The smallest absolute Gasteiger partial charge is 0.291 e. The minimum atomic E-state index is -0.396. The molecule has 1 amide bonds. The highest BCUT2D eigenvalue weighted by Crippen LogP contribution is 2.26. The molecule has 1 unspecified atom stereocenters. The Bertz CT molecular complexity index is 1110. The van der Waals surface area contributed by atoms with Gasteiger partial charge in [-0.2, -0.15) is 0 Å². The van der Waals surface area contributed by atoms with Crippen LogP contribution in [0.2, 0.25) is 0 Å². The van der Waals surface area contributed by atoms with Gasteiger partial charge >= 0.3 is 0 Å². The third kappa shape index (κ3) is 4.17. The molecule has 3 heterocycles. The van der Waals surface area contributed by atoms with Gasteiger partial charge in [0.1, 0.15) is 11.6 Å². The van der Waals surface area contributed by atoms with Crippen LogP contribution in [0.15, 0.2) is 64.6 Å². The fourth-order valence-electron chi connectivity index (χ4n) is 3.02. The lowest BCUT2D eigenvalue weighted by molar-refractivity contribution is 0.0928. The number of amides is 1. The molecule has 0 radical (unpaired) electrons. The van der Waals surface area contributed by atoms with E-state index < -0.39 is 5.91 Å². The van der Waals surface area contributed by atoms with Crippen molar-refractivity contribution in [3.8, 4) is 16.4 Å². The molecule has 0 bridgehead atoms. The van der Waals surface area contributed by atoms with E-state index in [4.69, 9.17) is 4.42 Å². The van der Waals surface area contributed by atoms with Crippen LogP contribution in [0.4, 0.5) is 4.39 Å². The molecular weight excluding hydrogens is 405 g/mol. The standard InChI is InChI=1S/C21H20FN5O2S/c1-26(2)16(17-5-3-11-29-17)13-23-21(28)19-24-20(18-6-4-12-30-18)27(25-19)15-9-7-14(22)8-10-15/h3-12,16H,13H2,1-2H3,(H,23,28). The van der Waals surface area contributed by atoms with E-state index in [0.717, 1.165) is 10.6 Å². The SMILES string of the molecule is CN(C)C(CNC(=O)c1nc(-c2cccs2)n(-c2ccc(F)cc2)n1)c1ccco1. The van der Waals surface area contributed by atoms with Crippen molar-refractivity contribution < 1.29 is 13.6 Å². The Morgan fingerprint density at radius 1 is 1.23 bits per heavy atom. The van der Waals surface area contributed by atoms with Crippen molar-refractivity contribution in [1.29, 1.82) is 0 Å². The van der Waals surface area contributed by atoms with Gasteiger partial charge in [0.25, 0.3) is 5.91 Å². The third-order valence-electron chi connectivity index (χ3n) is 4.57. The number of nitrogens with zero attached hydrogens (tertiary/aromatic N) is 4. The van der Waals surface area contributed by atoms with Crippen molar-refractivity contribution >= 4 is 17.2 Å². The van der Waals surface area contributed by atoms with Crippen LogP contribution in [-0.2, 0) is 0 Å². The van der Waals surface area contributed by atoms with Crippen LogP contribution in [0.1, 0.15) is 22.4 Å². The summed E-state index contributed by atoms with van der Waals surface area (Å²) in [4.78, 5) is 20.1. The van der Waals surface area contributed by atoms with Gasteiger partial charge in [-0.15, -0.1) is 16.4 Å². The molecule has 7 nitrogen and oxygen atoms in total. The lowest BCUT2D eigenvalue weighted by Gasteiger charge is -2.22. The maximum absolute atomic E-state index is 13.3. The summed E-state index contributed by atoms with van der Waals surface area (Å²) >= 11 is 1.49.